The fourth-order valence-electron chi connectivity index (χ4n) is 2.82. The molecule has 6 heteroatoms. The number of nitrogens with zero attached hydrogens (tertiary/aromatic N) is 4. The van der Waals surface area contributed by atoms with E-state index in [1.807, 2.05) is 37.3 Å². The Labute approximate surface area is 126 Å². The summed E-state index contributed by atoms with van der Waals surface area (Å²) in [5.74, 6) is 0. The van der Waals surface area contributed by atoms with Gasteiger partial charge in [0.2, 0.25) is 0 Å². The highest BCUT2D eigenvalue weighted by Crippen LogP contribution is 2.29. The molecule has 2 aromatic rings. The minimum absolute atomic E-state index is 0.0176. The summed E-state index contributed by atoms with van der Waals surface area (Å²) in [5, 5.41) is 12.3. The zero-order chi connectivity index (χ0) is 15.3. The number of benzene rings is 2. The van der Waals surface area contributed by atoms with Crippen LogP contribution in [0.4, 0.5) is 11.4 Å². The van der Waals surface area contributed by atoms with E-state index in [4.69, 9.17) is 4.99 Å². The quantitative estimate of drug-likeness (QED) is 0.490. The minimum atomic E-state index is -0.805. The molecular formula is C16H14N4O2. The summed E-state index contributed by atoms with van der Waals surface area (Å²) in [7, 11) is 0. The average Bonchev–Trinajstić information content (AvgIpc) is 3.28. The number of anilines is 1. The second kappa shape index (κ2) is 4.37. The van der Waals surface area contributed by atoms with Crippen molar-refractivity contribution in [2.75, 3.05) is 18.0 Å². The lowest BCUT2D eigenvalue weighted by molar-refractivity contribution is -0.386. The van der Waals surface area contributed by atoms with Crippen molar-refractivity contribution in [1.82, 2.24) is 0 Å². The predicted molar refractivity (Wildman–Crippen MR) is 81.4 cm³/mol. The van der Waals surface area contributed by atoms with Crippen molar-refractivity contribution in [1.29, 1.82) is 0 Å². The Bertz CT molecular complexity index is 890. The number of hydrogen-bond acceptors (Lipinski definition) is 5. The Morgan fingerprint density at radius 3 is 2.41 bits per heavy atom. The van der Waals surface area contributed by atoms with Gasteiger partial charge in [-0.15, -0.1) is 0 Å². The Kier molecular flexibility index (Phi) is 2.57. The molecule has 22 heavy (non-hydrogen) atoms. The lowest BCUT2D eigenvalue weighted by Gasteiger charge is -2.17. The SMILES string of the molecule is CC1(c2ccccc2)N=c2c(N3CC3)ccc([N+](=O)[O-])c2=N1. The molecule has 0 aliphatic carbocycles. The van der Waals surface area contributed by atoms with Gasteiger partial charge in [0.15, 0.2) is 11.0 Å². The van der Waals surface area contributed by atoms with Crippen molar-refractivity contribution in [3.05, 3.63) is 68.9 Å². The van der Waals surface area contributed by atoms with E-state index in [9.17, 15) is 10.1 Å². The van der Waals surface area contributed by atoms with E-state index >= 15 is 0 Å². The van der Waals surface area contributed by atoms with Gasteiger partial charge in [0.1, 0.15) is 5.36 Å². The summed E-state index contributed by atoms with van der Waals surface area (Å²) in [6, 6.07) is 13.0. The number of fused-ring (bicyclic) bond motifs is 1. The van der Waals surface area contributed by atoms with Crippen molar-refractivity contribution in [2.24, 2.45) is 9.98 Å². The Morgan fingerprint density at radius 1 is 1.09 bits per heavy atom. The highest BCUT2D eigenvalue weighted by Gasteiger charge is 2.33. The van der Waals surface area contributed by atoms with Gasteiger partial charge in [0.25, 0.3) is 5.69 Å². The molecule has 0 aromatic heterocycles. The maximum atomic E-state index is 11.3. The lowest BCUT2D eigenvalue weighted by atomic mass is 10.0. The number of rotatable bonds is 3. The minimum Gasteiger partial charge on any atom is -0.366 e. The van der Waals surface area contributed by atoms with Gasteiger partial charge in [0, 0.05) is 24.7 Å². The monoisotopic (exact) mass is 294 g/mol. The first-order valence-corrected chi connectivity index (χ1v) is 7.16. The zero-order valence-electron chi connectivity index (χ0n) is 12.1. The van der Waals surface area contributed by atoms with Crippen molar-refractivity contribution >= 4 is 11.4 Å². The highest BCUT2D eigenvalue weighted by atomic mass is 16.6. The molecule has 0 saturated carbocycles. The van der Waals surface area contributed by atoms with Crippen LogP contribution in [0.1, 0.15) is 12.5 Å². The van der Waals surface area contributed by atoms with Crippen molar-refractivity contribution in [2.45, 2.75) is 12.6 Å². The molecule has 2 heterocycles. The third-order valence-corrected chi connectivity index (χ3v) is 4.07. The average molecular weight is 294 g/mol. The maximum absolute atomic E-state index is 11.3. The van der Waals surface area contributed by atoms with E-state index < -0.39 is 5.66 Å². The first-order chi connectivity index (χ1) is 10.6. The third kappa shape index (κ3) is 1.88. The molecule has 0 radical (unpaired) electrons. The lowest BCUT2D eigenvalue weighted by Crippen LogP contribution is -2.28. The Morgan fingerprint density at radius 2 is 1.77 bits per heavy atom. The molecule has 0 bridgehead atoms. The normalized spacial score (nSPS) is 21.8. The summed E-state index contributed by atoms with van der Waals surface area (Å²) >= 11 is 0. The fourth-order valence-corrected chi connectivity index (χ4v) is 2.82. The summed E-state index contributed by atoms with van der Waals surface area (Å²) < 4.78 is 0. The first-order valence-electron chi connectivity index (χ1n) is 7.16. The standard InChI is InChI=1S/C16H14N4O2/c1-16(11-5-3-2-4-6-11)17-14-12(19-9-10-19)7-8-13(20(21)22)15(14)18-16/h2-8H,9-10H2,1H3. The fraction of sp³-hybridized carbons (Fsp3) is 0.250. The third-order valence-electron chi connectivity index (χ3n) is 4.07. The highest BCUT2D eigenvalue weighted by molar-refractivity contribution is 5.55. The van der Waals surface area contributed by atoms with E-state index in [1.165, 1.54) is 6.07 Å². The van der Waals surface area contributed by atoms with Crippen LogP contribution in [-0.2, 0) is 5.66 Å². The van der Waals surface area contributed by atoms with Gasteiger partial charge in [-0.1, -0.05) is 30.3 Å². The molecule has 0 amide bonds. The number of nitro groups is 1. The van der Waals surface area contributed by atoms with Gasteiger partial charge in [-0.05, 0) is 13.0 Å². The molecular weight excluding hydrogens is 280 g/mol. The second-order valence-electron chi connectivity index (χ2n) is 5.66. The van der Waals surface area contributed by atoms with Gasteiger partial charge in [0.05, 0.1) is 10.6 Å². The molecule has 0 N–H and O–H groups in total. The van der Waals surface area contributed by atoms with E-state index in [2.05, 4.69) is 9.89 Å². The van der Waals surface area contributed by atoms with Gasteiger partial charge in [-0.3, -0.25) is 10.1 Å². The van der Waals surface area contributed by atoms with Gasteiger partial charge in [-0.25, -0.2) is 9.98 Å². The molecule has 2 aliphatic heterocycles. The molecule has 6 nitrogen and oxygen atoms in total. The van der Waals surface area contributed by atoms with Crippen LogP contribution < -0.4 is 15.6 Å². The van der Waals surface area contributed by atoms with E-state index in [1.54, 1.807) is 6.07 Å². The van der Waals surface area contributed by atoms with E-state index in [0.29, 0.717) is 10.7 Å². The molecule has 1 atom stereocenters. The molecule has 0 spiro atoms. The van der Waals surface area contributed by atoms with Crippen molar-refractivity contribution in [3.63, 3.8) is 0 Å². The van der Waals surface area contributed by atoms with Gasteiger partial charge < -0.3 is 4.90 Å². The Hall–Kier alpha value is -2.76. The van der Waals surface area contributed by atoms with Crippen LogP contribution in [0.25, 0.3) is 0 Å². The smallest absolute Gasteiger partial charge is 0.296 e. The van der Waals surface area contributed by atoms with Crippen LogP contribution in [-0.4, -0.2) is 18.0 Å². The van der Waals surface area contributed by atoms with Crippen LogP contribution in [0.3, 0.4) is 0 Å². The molecule has 1 unspecified atom stereocenters. The summed E-state index contributed by atoms with van der Waals surface area (Å²) in [4.78, 5) is 22.4. The molecule has 2 aliphatic rings. The summed E-state index contributed by atoms with van der Waals surface area (Å²) in [6.07, 6.45) is 0. The molecule has 2 aromatic carbocycles. The zero-order valence-corrected chi connectivity index (χ0v) is 12.1. The number of non-ortho nitro benzene ring substituents is 1. The van der Waals surface area contributed by atoms with Crippen LogP contribution in [0, 0.1) is 10.1 Å². The second-order valence-corrected chi connectivity index (χ2v) is 5.66. The summed E-state index contributed by atoms with van der Waals surface area (Å²) in [5.41, 5.74) is 1.07. The molecule has 110 valence electrons. The van der Waals surface area contributed by atoms with Crippen molar-refractivity contribution in [3.8, 4) is 0 Å². The molecule has 1 saturated heterocycles. The summed E-state index contributed by atoms with van der Waals surface area (Å²) in [6.45, 7) is 3.81. The number of nitro benzene ring substituents is 1. The Balaban J connectivity index is 2.00. The van der Waals surface area contributed by atoms with Gasteiger partial charge in [-0.2, -0.15) is 0 Å². The van der Waals surface area contributed by atoms with Crippen LogP contribution in [0.15, 0.2) is 52.4 Å². The number of hydrogen-bond donors (Lipinski definition) is 0. The molecule has 4 rings (SSSR count). The largest absolute Gasteiger partial charge is 0.366 e. The van der Waals surface area contributed by atoms with E-state index in [0.717, 1.165) is 24.3 Å². The van der Waals surface area contributed by atoms with Crippen LogP contribution >= 0.6 is 0 Å². The van der Waals surface area contributed by atoms with Crippen molar-refractivity contribution < 1.29 is 4.92 Å². The van der Waals surface area contributed by atoms with Gasteiger partial charge >= 0.3 is 0 Å². The maximum Gasteiger partial charge on any atom is 0.296 e. The van der Waals surface area contributed by atoms with Crippen LogP contribution in [0.5, 0.6) is 0 Å². The predicted octanol–water partition coefficient (Wildman–Crippen LogP) is 1.54. The topological polar surface area (TPSA) is 70.9 Å². The first kappa shape index (κ1) is 12.9. The van der Waals surface area contributed by atoms with Crippen LogP contribution in [0.2, 0.25) is 0 Å². The van der Waals surface area contributed by atoms with E-state index in [-0.39, 0.29) is 10.6 Å². The molecule has 1 fully saturated rings.